The van der Waals surface area contributed by atoms with Crippen molar-refractivity contribution in [2.24, 2.45) is 16.6 Å². The van der Waals surface area contributed by atoms with Crippen molar-refractivity contribution in [1.29, 1.82) is 0 Å². The molecule has 2 heterocycles. The van der Waals surface area contributed by atoms with Crippen molar-refractivity contribution in [3.05, 3.63) is 0 Å². The van der Waals surface area contributed by atoms with Gasteiger partial charge in [-0.1, -0.05) is 0 Å². The highest BCUT2D eigenvalue weighted by Gasteiger charge is 2.32. The number of alkyl halides is 3. The number of piperidine rings is 1. The van der Waals surface area contributed by atoms with Gasteiger partial charge in [-0.2, -0.15) is 13.2 Å². The lowest BCUT2D eigenvalue weighted by molar-refractivity contribution is -0.148. The largest absolute Gasteiger partial charge is 0.401 e. The van der Waals surface area contributed by atoms with Crippen molar-refractivity contribution in [3.8, 4) is 0 Å². The number of aliphatic imine (C=N–C) groups is 1. The van der Waals surface area contributed by atoms with Crippen molar-refractivity contribution in [1.82, 2.24) is 9.80 Å². The first-order valence-electron chi connectivity index (χ1n) is 7.79. The van der Waals surface area contributed by atoms with Crippen LogP contribution < -0.4 is 5.73 Å². The van der Waals surface area contributed by atoms with Crippen LogP contribution in [0.5, 0.6) is 0 Å². The molecule has 2 aliphatic heterocycles. The minimum absolute atomic E-state index is 0. The second-order valence-electron chi connectivity index (χ2n) is 6.16. The summed E-state index contributed by atoms with van der Waals surface area (Å²) >= 11 is 0. The second-order valence-corrected chi connectivity index (χ2v) is 6.16. The maximum Gasteiger partial charge on any atom is 0.401 e. The van der Waals surface area contributed by atoms with Gasteiger partial charge >= 0.3 is 6.18 Å². The van der Waals surface area contributed by atoms with Crippen molar-refractivity contribution >= 4 is 29.9 Å². The summed E-state index contributed by atoms with van der Waals surface area (Å²) in [6, 6.07) is 0. The van der Waals surface area contributed by atoms with Crippen molar-refractivity contribution in [3.63, 3.8) is 0 Å². The average molecular weight is 450 g/mol. The van der Waals surface area contributed by atoms with E-state index >= 15 is 0 Å². The molecule has 23 heavy (non-hydrogen) atoms. The van der Waals surface area contributed by atoms with Gasteiger partial charge in [0.25, 0.3) is 0 Å². The molecule has 0 aromatic rings. The molecular formula is C14H26F3IN4O. The van der Waals surface area contributed by atoms with Gasteiger partial charge in [0.2, 0.25) is 0 Å². The van der Waals surface area contributed by atoms with Gasteiger partial charge in [-0.15, -0.1) is 24.0 Å². The van der Waals surface area contributed by atoms with E-state index < -0.39 is 12.7 Å². The van der Waals surface area contributed by atoms with Crippen LogP contribution in [0.2, 0.25) is 0 Å². The fourth-order valence-electron chi connectivity index (χ4n) is 2.93. The molecule has 0 bridgehead atoms. The van der Waals surface area contributed by atoms with Gasteiger partial charge in [0.15, 0.2) is 5.96 Å². The molecule has 0 aromatic heterocycles. The summed E-state index contributed by atoms with van der Waals surface area (Å²) in [4.78, 5) is 7.90. The Balaban J connectivity index is 0.00000264. The second kappa shape index (κ2) is 9.26. The zero-order valence-corrected chi connectivity index (χ0v) is 15.7. The van der Waals surface area contributed by atoms with Crippen LogP contribution in [-0.4, -0.2) is 73.9 Å². The van der Waals surface area contributed by atoms with Gasteiger partial charge in [-0.3, -0.25) is 9.89 Å². The van der Waals surface area contributed by atoms with Crippen LogP contribution >= 0.6 is 24.0 Å². The minimum atomic E-state index is -4.11. The molecule has 2 saturated heterocycles. The third-order valence-electron chi connectivity index (χ3n) is 4.19. The Hall–Kier alpha value is -0.290. The first kappa shape index (κ1) is 20.8. The van der Waals surface area contributed by atoms with Crippen LogP contribution in [0.15, 0.2) is 4.99 Å². The molecule has 2 aliphatic rings. The van der Waals surface area contributed by atoms with E-state index in [1.54, 1.807) is 0 Å². The Morgan fingerprint density at radius 2 is 1.91 bits per heavy atom. The summed E-state index contributed by atoms with van der Waals surface area (Å²) in [7, 11) is 0. The van der Waals surface area contributed by atoms with Gasteiger partial charge < -0.3 is 15.4 Å². The molecule has 5 nitrogen and oxygen atoms in total. The summed E-state index contributed by atoms with van der Waals surface area (Å²) in [6.45, 7) is 4.86. The van der Waals surface area contributed by atoms with Crippen molar-refractivity contribution in [2.45, 2.75) is 32.0 Å². The summed E-state index contributed by atoms with van der Waals surface area (Å²) in [5.74, 6) is 0.842. The van der Waals surface area contributed by atoms with Gasteiger partial charge in [-0.25, -0.2) is 0 Å². The maximum atomic E-state index is 12.3. The zero-order valence-electron chi connectivity index (χ0n) is 13.4. The first-order valence-corrected chi connectivity index (χ1v) is 7.79. The molecule has 1 atom stereocenters. The molecule has 2 rings (SSSR count). The Morgan fingerprint density at radius 3 is 2.48 bits per heavy atom. The van der Waals surface area contributed by atoms with E-state index in [9.17, 15) is 13.2 Å². The molecule has 0 spiro atoms. The topological polar surface area (TPSA) is 54.1 Å². The van der Waals surface area contributed by atoms with E-state index in [2.05, 4.69) is 4.99 Å². The first-order chi connectivity index (χ1) is 10.3. The van der Waals surface area contributed by atoms with Gasteiger partial charge in [0, 0.05) is 19.6 Å². The SMILES string of the molecule is CC1CN(C(N)=NCC2CCN(CC(F)(F)F)CC2)CCO1.I. The Bertz CT molecular complexity index is 387. The molecule has 0 aliphatic carbocycles. The van der Waals surface area contributed by atoms with Crippen LogP contribution in [-0.2, 0) is 4.74 Å². The van der Waals surface area contributed by atoms with Gasteiger partial charge in [0.05, 0.1) is 19.3 Å². The standard InChI is InChI=1S/C14H25F3N4O.HI/c1-11-9-21(6-7-22-11)13(18)19-8-12-2-4-20(5-3-12)10-14(15,16)17;/h11-12H,2-10H2,1H3,(H2,18,19);1H. The van der Waals surface area contributed by atoms with E-state index in [-0.39, 0.29) is 30.1 Å². The lowest BCUT2D eigenvalue weighted by Crippen LogP contribution is -2.48. The zero-order chi connectivity index (χ0) is 16.2. The molecule has 9 heteroatoms. The number of halogens is 4. The molecule has 0 aromatic carbocycles. The van der Waals surface area contributed by atoms with E-state index in [1.807, 2.05) is 11.8 Å². The number of ether oxygens (including phenoxy) is 1. The molecule has 0 saturated carbocycles. The summed E-state index contributed by atoms with van der Waals surface area (Å²) < 4.78 is 42.5. The fraction of sp³-hybridized carbons (Fsp3) is 0.929. The molecule has 1 unspecified atom stereocenters. The lowest BCUT2D eigenvalue weighted by Gasteiger charge is -2.33. The highest BCUT2D eigenvalue weighted by atomic mass is 127. The lowest BCUT2D eigenvalue weighted by atomic mass is 9.97. The Morgan fingerprint density at radius 1 is 1.26 bits per heavy atom. The van der Waals surface area contributed by atoms with E-state index in [0.29, 0.717) is 38.1 Å². The van der Waals surface area contributed by atoms with Gasteiger partial charge in [-0.05, 0) is 38.8 Å². The Kier molecular flexibility index (Phi) is 8.36. The molecular weight excluding hydrogens is 424 g/mol. The molecule has 136 valence electrons. The minimum Gasteiger partial charge on any atom is -0.375 e. The van der Waals surface area contributed by atoms with E-state index in [1.165, 1.54) is 4.90 Å². The summed E-state index contributed by atoms with van der Waals surface area (Å²) in [5.41, 5.74) is 6.00. The monoisotopic (exact) mass is 450 g/mol. The quantitative estimate of drug-likeness (QED) is 0.406. The highest BCUT2D eigenvalue weighted by Crippen LogP contribution is 2.22. The number of hydrogen-bond donors (Lipinski definition) is 1. The number of guanidine groups is 1. The number of nitrogens with two attached hydrogens (primary N) is 1. The summed E-state index contributed by atoms with van der Waals surface area (Å²) in [5, 5.41) is 0. The number of hydrogen-bond acceptors (Lipinski definition) is 3. The van der Waals surface area contributed by atoms with Crippen LogP contribution in [0.4, 0.5) is 13.2 Å². The normalized spacial score (nSPS) is 25.3. The molecule has 0 radical (unpaired) electrons. The number of nitrogens with zero attached hydrogens (tertiary/aromatic N) is 3. The number of likely N-dealkylation sites (tertiary alicyclic amines) is 1. The molecule has 2 fully saturated rings. The van der Waals surface area contributed by atoms with Crippen molar-refractivity contribution < 1.29 is 17.9 Å². The molecule has 2 N–H and O–H groups in total. The van der Waals surface area contributed by atoms with E-state index in [4.69, 9.17) is 10.5 Å². The third-order valence-corrected chi connectivity index (χ3v) is 4.19. The highest BCUT2D eigenvalue weighted by molar-refractivity contribution is 14.0. The maximum absolute atomic E-state index is 12.3. The third kappa shape index (κ3) is 7.42. The van der Waals surface area contributed by atoms with Crippen LogP contribution in [0, 0.1) is 5.92 Å². The predicted molar refractivity (Wildman–Crippen MR) is 94.1 cm³/mol. The number of morpholine rings is 1. The Labute approximate surface area is 152 Å². The molecule has 0 amide bonds. The fourth-order valence-corrected chi connectivity index (χ4v) is 2.93. The van der Waals surface area contributed by atoms with E-state index in [0.717, 1.165) is 25.9 Å². The average Bonchev–Trinajstić information content (AvgIpc) is 2.44. The summed E-state index contributed by atoms with van der Waals surface area (Å²) in [6.07, 6.45) is -2.48. The predicted octanol–water partition coefficient (Wildman–Crippen LogP) is 1.91. The van der Waals surface area contributed by atoms with Crippen LogP contribution in [0.3, 0.4) is 0 Å². The van der Waals surface area contributed by atoms with Crippen LogP contribution in [0.25, 0.3) is 0 Å². The number of rotatable bonds is 3. The van der Waals surface area contributed by atoms with Crippen LogP contribution in [0.1, 0.15) is 19.8 Å². The van der Waals surface area contributed by atoms with Crippen molar-refractivity contribution in [2.75, 3.05) is 45.9 Å². The smallest absolute Gasteiger partial charge is 0.375 e. The van der Waals surface area contributed by atoms with Gasteiger partial charge in [0.1, 0.15) is 0 Å².